The Morgan fingerprint density at radius 1 is 1.18 bits per heavy atom. The van der Waals surface area contributed by atoms with Gasteiger partial charge in [-0.2, -0.15) is 0 Å². The van der Waals surface area contributed by atoms with Gasteiger partial charge in [0.05, 0.1) is 6.54 Å². The van der Waals surface area contributed by atoms with E-state index in [9.17, 15) is 9.59 Å². The van der Waals surface area contributed by atoms with Crippen molar-refractivity contribution in [3.05, 3.63) is 0 Å². The first-order valence-electron chi connectivity index (χ1n) is 6.01. The number of Topliss-reactive ketones (excluding diaryl/α,β-unsaturated/α-hetero) is 1. The topological polar surface area (TPSA) is 78.6 Å². The molecule has 1 unspecified atom stereocenters. The molecule has 102 valence electrons. The van der Waals surface area contributed by atoms with E-state index in [0.29, 0.717) is 6.42 Å². The van der Waals surface area contributed by atoms with Gasteiger partial charge in [-0.15, -0.1) is 0 Å². The molecule has 0 amide bonds. The maximum absolute atomic E-state index is 11.0. The molecule has 0 aromatic rings. The van der Waals surface area contributed by atoms with Crippen molar-refractivity contribution in [1.29, 1.82) is 0 Å². The Labute approximate surface area is 104 Å². The van der Waals surface area contributed by atoms with Gasteiger partial charge in [-0.05, 0) is 20.3 Å². The molecular formula is C12H25NO4. The van der Waals surface area contributed by atoms with Crippen LogP contribution in [0, 0.1) is 0 Å². The molecule has 0 heterocycles. The number of hydrogen-bond donors (Lipinski definition) is 1. The average molecular weight is 247 g/mol. The number of esters is 1. The lowest BCUT2D eigenvalue weighted by atomic mass is 10.1. The smallest absolute Gasteiger partial charge is 0.303 e. The first kappa shape index (κ1) is 18.4. The number of rotatable bonds is 7. The molecular weight excluding hydrogens is 222 g/mol. The lowest BCUT2D eigenvalue weighted by Gasteiger charge is -2.13. The van der Waals surface area contributed by atoms with E-state index in [1.54, 1.807) is 0 Å². The van der Waals surface area contributed by atoms with Crippen LogP contribution in [0.25, 0.3) is 0 Å². The number of ketones is 1. The van der Waals surface area contributed by atoms with Gasteiger partial charge in [-0.1, -0.05) is 13.3 Å². The van der Waals surface area contributed by atoms with Crippen molar-refractivity contribution in [2.24, 2.45) is 5.73 Å². The van der Waals surface area contributed by atoms with Gasteiger partial charge < -0.3 is 15.2 Å². The van der Waals surface area contributed by atoms with E-state index in [1.165, 1.54) is 6.92 Å². The minimum atomic E-state index is -0.641. The molecule has 0 bridgehead atoms. The summed E-state index contributed by atoms with van der Waals surface area (Å²) in [5, 5.41) is 0. The Hall–Kier alpha value is -0.940. The van der Waals surface area contributed by atoms with E-state index < -0.39 is 12.1 Å². The third-order valence-electron chi connectivity index (χ3n) is 1.83. The molecule has 0 rings (SSSR count). The minimum absolute atomic E-state index is 0.0715. The largest absolute Gasteiger partial charge is 0.454 e. The zero-order chi connectivity index (χ0) is 13.7. The van der Waals surface area contributed by atoms with Gasteiger partial charge in [-0.3, -0.25) is 9.59 Å². The fraction of sp³-hybridized carbons (Fsp3) is 0.833. The van der Waals surface area contributed by atoms with E-state index in [2.05, 4.69) is 0 Å². The molecule has 17 heavy (non-hydrogen) atoms. The lowest BCUT2D eigenvalue weighted by molar-refractivity contribution is -0.152. The number of nitrogens with two attached hydrogens (primary N) is 1. The average Bonchev–Trinajstić information content (AvgIpc) is 2.29. The van der Waals surface area contributed by atoms with E-state index in [1.807, 2.05) is 20.8 Å². The molecule has 0 aliphatic carbocycles. The van der Waals surface area contributed by atoms with Crippen molar-refractivity contribution >= 4 is 11.8 Å². The first-order valence-corrected chi connectivity index (χ1v) is 6.01. The molecule has 0 fully saturated rings. The number of hydrogen-bond acceptors (Lipinski definition) is 5. The predicted octanol–water partition coefficient (Wildman–Crippen LogP) is 1.29. The summed E-state index contributed by atoms with van der Waals surface area (Å²) in [6, 6.07) is 0. The predicted molar refractivity (Wildman–Crippen MR) is 66.7 cm³/mol. The third-order valence-corrected chi connectivity index (χ3v) is 1.83. The highest BCUT2D eigenvalue weighted by Crippen LogP contribution is 2.03. The van der Waals surface area contributed by atoms with Crippen molar-refractivity contribution in [2.75, 3.05) is 19.8 Å². The highest BCUT2D eigenvalue weighted by molar-refractivity contribution is 5.86. The van der Waals surface area contributed by atoms with Crippen LogP contribution < -0.4 is 5.73 Å². The third kappa shape index (κ3) is 13.0. The zero-order valence-electron chi connectivity index (χ0n) is 11.3. The molecule has 0 aliphatic heterocycles. The van der Waals surface area contributed by atoms with Gasteiger partial charge in [-0.25, -0.2) is 0 Å². The van der Waals surface area contributed by atoms with Crippen molar-refractivity contribution in [1.82, 2.24) is 0 Å². The van der Waals surface area contributed by atoms with Gasteiger partial charge in [0.25, 0.3) is 0 Å². The minimum Gasteiger partial charge on any atom is -0.454 e. The molecule has 0 saturated carbocycles. The molecule has 5 heteroatoms. The fourth-order valence-electron chi connectivity index (χ4n) is 1.08. The van der Waals surface area contributed by atoms with Crippen LogP contribution in [-0.4, -0.2) is 37.6 Å². The fourth-order valence-corrected chi connectivity index (χ4v) is 1.08. The van der Waals surface area contributed by atoms with Crippen LogP contribution in [0.3, 0.4) is 0 Å². The van der Waals surface area contributed by atoms with Crippen LogP contribution >= 0.6 is 0 Å². The molecule has 0 aromatic heterocycles. The summed E-state index contributed by atoms with van der Waals surface area (Å²) in [6.45, 7) is 8.80. The summed E-state index contributed by atoms with van der Waals surface area (Å²) in [5.74, 6) is -0.651. The maximum Gasteiger partial charge on any atom is 0.303 e. The SMILES string of the molecule is CCCC(OC(C)=O)C(=O)CN.CCOCC. The van der Waals surface area contributed by atoms with Gasteiger partial charge in [0.15, 0.2) is 11.9 Å². The van der Waals surface area contributed by atoms with Gasteiger partial charge in [0.2, 0.25) is 0 Å². The van der Waals surface area contributed by atoms with Gasteiger partial charge in [0, 0.05) is 20.1 Å². The number of carbonyl (C=O) groups excluding carboxylic acids is 2. The molecule has 0 aliphatic rings. The van der Waals surface area contributed by atoms with Gasteiger partial charge >= 0.3 is 5.97 Å². The first-order chi connectivity index (χ1) is 8.03. The van der Waals surface area contributed by atoms with Crippen molar-refractivity contribution in [3.63, 3.8) is 0 Å². The highest BCUT2D eigenvalue weighted by Gasteiger charge is 2.18. The second-order valence-corrected chi connectivity index (χ2v) is 3.34. The molecule has 0 spiro atoms. The summed E-state index contributed by atoms with van der Waals surface area (Å²) in [4.78, 5) is 21.6. The normalized spacial score (nSPS) is 11.1. The van der Waals surface area contributed by atoms with E-state index >= 15 is 0 Å². The molecule has 0 radical (unpaired) electrons. The summed E-state index contributed by atoms with van der Waals surface area (Å²) < 4.78 is 9.61. The van der Waals surface area contributed by atoms with Crippen molar-refractivity contribution in [3.8, 4) is 0 Å². The summed E-state index contributed by atoms with van der Waals surface area (Å²) in [5.41, 5.74) is 5.14. The van der Waals surface area contributed by atoms with E-state index in [-0.39, 0.29) is 12.3 Å². The second kappa shape index (κ2) is 13.1. The Morgan fingerprint density at radius 2 is 1.71 bits per heavy atom. The van der Waals surface area contributed by atoms with Crippen molar-refractivity contribution in [2.45, 2.75) is 46.6 Å². The lowest BCUT2D eigenvalue weighted by Crippen LogP contribution is -2.31. The summed E-state index contributed by atoms with van der Waals surface area (Å²) in [7, 11) is 0. The molecule has 1 atom stereocenters. The molecule has 0 saturated heterocycles. The Bertz CT molecular complexity index is 205. The Balaban J connectivity index is 0. The van der Waals surface area contributed by atoms with Crippen LogP contribution in [0.4, 0.5) is 0 Å². The Morgan fingerprint density at radius 3 is 1.94 bits per heavy atom. The number of ether oxygens (including phenoxy) is 2. The van der Waals surface area contributed by atoms with E-state index in [0.717, 1.165) is 19.6 Å². The van der Waals surface area contributed by atoms with Crippen LogP contribution in [0.5, 0.6) is 0 Å². The van der Waals surface area contributed by atoms with Gasteiger partial charge in [0.1, 0.15) is 0 Å². The molecule has 5 nitrogen and oxygen atoms in total. The molecule has 0 aromatic carbocycles. The van der Waals surface area contributed by atoms with Crippen molar-refractivity contribution < 1.29 is 19.1 Å². The quantitative estimate of drug-likeness (QED) is 0.686. The molecule has 2 N–H and O–H groups in total. The van der Waals surface area contributed by atoms with Crippen LogP contribution in [0.2, 0.25) is 0 Å². The maximum atomic E-state index is 11.0. The zero-order valence-corrected chi connectivity index (χ0v) is 11.3. The van der Waals surface area contributed by atoms with Crippen LogP contribution in [0.15, 0.2) is 0 Å². The monoisotopic (exact) mass is 247 g/mol. The highest BCUT2D eigenvalue weighted by atomic mass is 16.5. The van der Waals surface area contributed by atoms with Crippen LogP contribution in [-0.2, 0) is 19.1 Å². The Kier molecular flexibility index (Phi) is 14.2. The summed E-state index contributed by atoms with van der Waals surface area (Å²) in [6.07, 6.45) is 0.705. The number of carbonyl (C=O) groups is 2. The summed E-state index contributed by atoms with van der Waals surface area (Å²) >= 11 is 0. The van der Waals surface area contributed by atoms with Crippen LogP contribution in [0.1, 0.15) is 40.5 Å². The second-order valence-electron chi connectivity index (χ2n) is 3.34. The van der Waals surface area contributed by atoms with E-state index in [4.69, 9.17) is 15.2 Å². The standard InChI is InChI=1S/C8H15NO3.C4H10O/c1-3-4-8(7(11)5-9)12-6(2)10;1-3-5-4-2/h8H,3-5,9H2,1-2H3;3-4H2,1-2H3.